The van der Waals surface area contributed by atoms with Gasteiger partial charge in [0.15, 0.2) is 17.3 Å². The van der Waals surface area contributed by atoms with E-state index in [4.69, 9.17) is 9.47 Å². The summed E-state index contributed by atoms with van der Waals surface area (Å²) < 4.78 is 52.0. The van der Waals surface area contributed by atoms with Crippen molar-refractivity contribution in [2.75, 3.05) is 18.7 Å². The van der Waals surface area contributed by atoms with Crippen LogP contribution in [0.1, 0.15) is 31.9 Å². The second-order valence-electron chi connectivity index (χ2n) is 7.63. The summed E-state index contributed by atoms with van der Waals surface area (Å²) in [7, 11) is 0. The molecule has 1 aromatic heterocycles. The SMILES string of the molecule is CCc1[nH]nc(NC(=O)CC2(C(F)(F)F)CCC(=O)NC2)c1-c1ccc2c(c1)OCO2. The standard InChI is InChI=1S/C20H21F3N4O4/c1-2-12-17(11-3-4-13-14(7-11)31-10-30-13)18(27-26-12)25-16(29)8-19(20(21,22)23)6-5-15(28)24-9-19/h3-4,7H,2,5-6,8-10H2,1H3,(H,24,28)(H2,25,26,27,29). The van der Waals surface area contributed by atoms with Gasteiger partial charge in [-0.05, 0) is 30.5 Å². The number of hydrogen-bond donors (Lipinski definition) is 3. The van der Waals surface area contributed by atoms with Gasteiger partial charge in [-0.2, -0.15) is 18.3 Å². The third-order valence-corrected chi connectivity index (χ3v) is 5.67. The molecule has 0 saturated carbocycles. The van der Waals surface area contributed by atoms with Crippen LogP contribution in [0.5, 0.6) is 11.5 Å². The highest BCUT2D eigenvalue weighted by molar-refractivity contribution is 5.95. The first-order chi connectivity index (χ1) is 14.7. The summed E-state index contributed by atoms with van der Waals surface area (Å²) in [5.74, 6) is -0.0258. The Morgan fingerprint density at radius 1 is 1.29 bits per heavy atom. The van der Waals surface area contributed by atoms with Gasteiger partial charge in [-0.15, -0.1) is 0 Å². The molecular formula is C20H21F3N4O4. The van der Waals surface area contributed by atoms with E-state index < -0.39 is 42.8 Å². The van der Waals surface area contributed by atoms with Gasteiger partial charge in [0, 0.05) is 30.6 Å². The molecule has 8 nitrogen and oxygen atoms in total. The minimum absolute atomic E-state index is 0.102. The molecule has 2 aliphatic rings. The molecule has 3 N–H and O–H groups in total. The Morgan fingerprint density at radius 3 is 2.74 bits per heavy atom. The topological polar surface area (TPSA) is 105 Å². The highest BCUT2D eigenvalue weighted by Gasteiger charge is 2.57. The fourth-order valence-electron chi connectivity index (χ4n) is 3.86. The molecule has 2 aromatic rings. The maximum atomic E-state index is 13.8. The average molecular weight is 438 g/mol. The van der Waals surface area contributed by atoms with Crippen LogP contribution >= 0.6 is 0 Å². The first kappa shape index (κ1) is 21.0. The molecule has 1 fully saturated rings. The number of aromatic amines is 1. The zero-order valence-corrected chi connectivity index (χ0v) is 16.7. The Hall–Kier alpha value is -3.24. The molecule has 0 aliphatic carbocycles. The number of amides is 2. The number of rotatable bonds is 5. The number of alkyl halides is 3. The van der Waals surface area contributed by atoms with Gasteiger partial charge in [0.1, 0.15) is 0 Å². The predicted molar refractivity (Wildman–Crippen MR) is 104 cm³/mol. The number of halogens is 3. The number of ether oxygens (including phenoxy) is 2. The zero-order valence-electron chi connectivity index (χ0n) is 16.7. The summed E-state index contributed by atoms with van der Waals surface area (Å²) in [4.78, 5) is 24.0. The van der Waals surface area contributed by atoms with Crippen molar-refractivity contribution in [3.8, 4) is 22.6 Å². The number of hydrogen-bond acceptors (Lipinski definition) is 5. The first-order valence-corrected chi connectivity index (χ1v) is 9.83. The van der Waals surface area contributed by atoms with Crippen molar-refractivity contribution in [3.05, 3.63) is 23.9 Å². The number of H-pyrrole nitrogens is 1. The van der Waals surface area contributed by atoms with Gasteiger partial charge in [0.25, 0.3) is 0 Å². The van der Waals surface area contributed by atoms with E-state index in [1.165, 1.54) is 0 Å². The maximum absolute atomic E-state index is 13.8. The van der Waals surface area contributed by atoms with Gasteiger partial charge in [-0.25, -0.2) is 0 Å². The molecule has 166 valence electrons. The fourth-order valence-corrected chi connectivity index (χ4v) is 3.86. The highest BCUT2D eigenvalue weighted by atomic mass is 19.4. The average Bonchev–Trinajstić information content (AvgIpc) is 3.34. The van der Waals surface area contributed by atoms with Crippen molar-refractivity contribution < 1.29 is 32.2 Å². The lowest BCUT2D eigenvalue weighted by Crippen LogP contribution is -2.53. The van der Waals surface area contributed by atoms with Crippen LogP contribution in [0.15, 0.2) is 18.2 Å². The van der Waals surface area contributed by atoms with E-state index in [1.54, 1.807) is 18.2 Å². The lowest BCUT2D eigenvalue weighted by Gasteiger charge is -2.38. The van der Waals surface area contributed by atoms with E-state index in [0.717, 1.165) is 0 Å². The number of piperidine rings is 1. The Bertz CT molecular complexity index is 1010. The first-order valence-electron chi connectivity index (χ1n) is 9.83. The molecule has 1 unspecified atom stereocenters. The Balaban J connectivity index is 1.59. The quantitative estimate of drug-likeness (QED) is 0.665. The number of carbonyl (C=O) groups excluding carboxylic acids is 2. The molecule has 11 heteroatoms. The van der Waals surface area contributed by atoms with Gasteiger partial charge in [-0.3, -0.25) is 14.7 Å². The minimum atomic E-state index is -4.64. The second-order valence-corrected chi connectivity index (χ2v) is 7.63. The summed E-state index contributed by atoms with van der Waals surface area (Å²) >= 11 is 0. The molecule has 1 saturated heterocycles. The highest BCUT2D eigenvalue weighted by Crippen LogP contribution is 2.46. The number of carbonyl (C=O) groups is 2. The van der Waals surface area contributed by atoms with Gasteiger partial charge in [0.05, 0.1) is 5.41 Å². The smallest absolute Gasteiger partial charge is 0.396 e. The Labute approximate surface area is 175 Å². The Kier molecular flexibility index (Phi) is 5.28. The van der Waals surface area contributed by atoms with E-state index in [0.29, 0.717) is 34.7 Å². The molecule has 1 aromatic carbocycles. The van der Waals surface area contributed by atoms with E-state index in [-0.39, 0.29) is 19.0 Å². The molecule has 4 rings (SSSR count). The summed E-state index contributed by atoms with van der Waals surface area (Å²) in [6.07, 6.45) is -5.61. The fraction of sp³-hybridized carbons (Fsp3) is 0.450. The number of nitrogens with one attached hydrogen (secondary N) is 3. The minimum Gasteiger partial charge on any atom is -0.454 e. The summed E-state index contributed by atoms with van der Waals surface area (Å²) in [5.41, 5.74) is -0.342. The van der Waals surface area contributed by atoms with E-state index in [9.17, 15) is 22.8 Å². The van der Waals surface area contributed by atoms with Crippen molar-refractivity contribution >= 4 is 17.6 Å². The normalized spacial score (nSPS) is 20.5. The van der Waals surface area contributed by atoms with Gasteiger partial charge < -0.3 is 20.1 Å². The summed E-state index contributed by atoms with van der Waals surface area (Å²) in [6.45, 7) is 1.36. The molecule has 0 radical (unpaired) electrons. The van der Waals surface area contributed by atoms with Crippen molar-refractivity contribution in [1.29, 1.82) is 0 Å². The van der Waals surface area contributed by atoms with Crippen molar-refractivity contribution in [3.63, 3.8) is 0 Å². The lowest BCUT2D eigenvalue weighted by atomic mass is 9.76. The van der Waals surface area contributed by atoms with Crippen LogP contribution in [-0.4, -0.2) is 41.5 Å². The molecule has 31 heavy (non-hydrogen) atoms. The lowest BCUT2D eigenvalue weighted by molar-refractivity contribution is -0.230. The molecule has 2 amide bonds. The Morgan fingerprint density at radius 2 is 2.06 bits per heavy atom. The third kappa shape index (κ3) is 3.91. The molecule has 2 aliphatic heterocycles. The van der Waals surface area contributed by atoms with Gasteiger partial charge in [-0.1, -0.05) is 13.0 Å². The van der Waals surface area contributed by atoms with Crippen molar-refractivity contribution in [2.45, 2.75) is 38.8 Å². The monoisotopic (exact) mass is 438 g/mol. The molecule has 0 spiro atoms. The third-order valence-electron chi connectivity index (χ3n) is 5.67. The maximum Gasteiger partial charge on any atom is 0.396 e. The van der Waals surface area contributed by atoms with Crippen LogP contribution in [0.2, 0.25) is 0 Å². The summed E-state index contributed by atoms with van der Waals surface area (Å²) in [5, 5.41) is 11.7. The zero-order chi connectivity index (χ0) is 22.2. The van der Waals surface area contributed by atoms with Crippen LogP contribution in [0.4, 0.5) is 19.0 Å². The number of nitrogens with zero attached hydrogens (tertiary/aromatic N) is 1. The molecule has 3 heterocycles. The van der Waals surface area contributed by atoms with Crippen LogP contribution < -0.4 is 20.1 Å². The van der Waals surface area contributed by atoms with Crippen LogP contribution in [0.25, 0.3) is 11.1 Å². The largest absolute Gasteiger partial charge is 0.454 e. The van der Waals surface area contributed by atoms with Crippen molar-refractivity contribution in [1.82, 2.24) is 15.5 Å². The van der Waals surface area contributed by atoms with E-state index in [2.05, 4.69) is 20.8 Å². The van der Waals surface area contributed by atoms with E-state index in [1.807, 2.05) is 6.92 Å². The number of anilines is 1. The van der Waals surface area contributed by atoms with Gasteiger partial charge >= 0.3 is 6.18 Å². The summed E-state index contributed by atoms with van der Waals surface area (Å²) in [6, 6.07) is 5.22. The number of aromatic nitrogens is 2. The van der Waals surface area contributed by atoms with Gasteiger partial charge in [0.2, 0.25) is 18.6 Å². The molecule has 1 atom stereocenters. The van der Waals surface area contributed by atoms with Crippen LogP contribution in [0.3, 0.4) is 0 Å². The second kappa shape index (κ2) is 7.78. The number of aryl methyl sites for hydroxylation is 1. The van der Waals surface area contributed by atoms with Crippen LogP contribution in [-0.2, 0) is 16.0 Å². The van der Waals surface area contributed by atoms with Crippen molar-refractivity contribution in [2.24, 2.45) is 5.41 Å². The van der Waals surface area contributed by atoms with Crippen LogP contribution in [0, 0.1) is 5.41 Å². The number of benzene rings is 1. The molecule has 0 bridgehead atoms. The van der Waals surface area contributed by atoms with E-state index >= 15 is 0 Å². The number of fused-ring (bicyclic) bond motifs is 1. The predicted octanol–water partition coefficient (Wildman–Crippen LogP) is 3.16. The molecular weight excluding hydrogens is 417 g/mol.